The molecule has 1 aromatic carbocycles. The summed E-state index contributed by atoms with van der Waals surface area (Å²) in [4.78, 5) is 27.1. The number of carbonyl (C=O) groups is 2. The maximum Gasteiger partial charge on any atom is 0.415 e. The van der Waals surface area contributed by atoms with Crippen LogP contribution in [0.15, 0.2) is 12.1 Å². The quantitative estimate of drug-likeness (QED) is 0.894. The molecule has 132 valence electrons. The lowest BCUT2D eigenvalue weighted by molar-refractivity contribution is -0.144. The molecule has 0 radical (unpaired) electrons. The first-order chi connectivity index (χ1) is 11.0. The molecule has 1 atom stereocenters. The summed E-state index contributed by atoms with van der Waals surface area (Å²) in [5.74, 6) is -0.769. The Bertz CT molecular complexity index is 664. The van der Waals surface area contributed by atoms with Crippen LogP contribution in [0.2, 0.25) is 0 Å². The van der Waals surface area contributed by atoms with Crippen molar-refractivity contribution in [3.05, 3.63) is 17.7 Å². The van der Waals surface area contributed by atoms with Gasteiger partial charge < -0.3 is 19.5 Å². The number of fused-ring (bicyclic) bond motifs is 1. The molecule has 1 amide bonds. The molecule has 7 heteroatoms. The molecule has 1 aliphatic rings. The molecule has 2 rings (SSSR count). The van der Waals surface area contributed by atoms with E-state index in [0.717, 1.165) is 11.3 Å². The highest BCUT2D eigenvalue weighted by molar-refractivity contribution is 5.93. The van der Waals surface area contributed by atoms with Crippen LogP contribution in [0.3, 0.4) is 0 Å². The van der Waals surface area contributed by atoms with Crippen molar-refractivity contribution in [2.45, 2.75) is 39.4 Å². The molecule has 1 heterocycles. The number of hydrogen-bond acceptors (Lipinski definition) is 5. The predicted molar refractivity (Wildman–Crippen MR) is 91.1 cm³/mol. The summed E-state index contributed by atoms with van der Waals surface area (Å²) in [5.41, 5.74) is 1.69. The Kier molecular flexibility index (Phi) is 4.64. The van der Waals surface area contributed by atoms with Crippen LogP contribution < -0.4 is 14.5 Å². The molecule has 24 heavy (non-hydrogen) atoms. The van der Waals surface area contributed by atoms with Crippen molar-refractivity contribution in [1.29, 1.82) is 0 Å². The van der Waals surface area contributed by atoms with Gasteiger partial charge in [0.25, 0.3) is 0 Å². The minimum Gasteiger partial charge on any atom is -0.478 e. The van der Waals surface area contributed by atoms with E-state index in [1.54, 1.807) is 26.8 Å². The normalized spacial score (nSPS) is 16.9. The zero-order chi connectivity index (χ0) is 18.2. The van der Waals surface area contributed by atoms with Crippen molar-refractivity contribution in [2.24, 2.45) is 0 Å². The van der Waals surface area contributed by atoms with Gasteiger partial charge in [-0.3, -0.25) is 4.90 Å². The zero-order valence-corrected chi connectivity index (χ0v) is 14.9. The van der Waals surface area contributed by atoms with Crippen molar-refractivity contribution in [1.82, 2.24) is 0 Å². The average Bonchev–Trinajstić information content (AvgIpc) is 2.43. The van der Waals surface area contributed by atoms with E-state index in [-0.39, 0.29) is 6.54 Å². The van der Waals surface area contributed by atoms with Crippen molar-refractivity contribution >= 4 is 23.4 Å². The molecule has 1 N–H and O–H groups in total. The summed E-state index contributed by atoms with van der Waals surface area (Å²) >= 11 is 0. The average molecular weight is 336 g/mol. The Labute approximate surface area is 141 Å². The number of benzene rings is 1. The van der Waals surface area contributed by atoms with Crippen molar-refractivity contribution in [2.75, 3.05) is 30.4 Å². The predicted octanol–water partition coefficient (Wildman–Crippen LogP) is 2.65. The van der Waals surface area contributed by atoms with Crippen LogP contribution in [-0.4, -0.2) is 49.5 Å². The van der Waals surface area contributed by atoms with Crippen LogP contribution >= 0.6 is 0 Å². The summed E-state index contributed by atoms with van der Waals surface area (Å²) in [5, 5.41) is 9.31. The summed E-state index contributed by atoms with van der Waals surface area (Å²) in [6.45, 7) is 7.12. The first-order valence-electron chi connectivity index (χ1n) is 7.71. The third-order valence-corrected chi connectivity index (χ3v) is 3.56. The van der Waals surface area contributed by atoms with Gasteiger partial charge in [0.05, 0.1) is 12.2 Å². The van der Waals surface area contributed by atoms with Crippen molar-refractivity contribution in [3.8, 4) is 5.75 Å². The smallest absolute Gasteiger partial charge is 0.415 e. The van der Waals surface area contributed by atoms with Gasteiger partial charge in [0, 0.05) is 25.8 Å². The molecular formula is C17H24N2O5. The van der Waals surface area contributed by atoms with Crippen LogP contribution in [0.1, 0.15) is 26.3 Å². The second-order valence-corrected chi connectivity index (χ2v) is 7.04. The van der Waals surface area contributed by atoms with E-state index >= 15 is 0 Å². The monoisotopic (exact) mass is 336 g/mol. The molecule has 0 spiro atoms. The highest BCUT2D eigenvalue weighted by Crippen LogP contribution is 2.39. The van der Waals surface area contributed by atoms with E-state index < -0.39 is 23.8 Å². The third-order valence-electron chi connectivity index (χ3n) is 3.56. The molecule has 0 aromatic heterocycles. The van der Waals surface area contributed by atoms with Gasteiger partial charge in [0.2, 0.25) is 6.10 Å². The van der Waals surface area contributed by atoms with Crippen molar-refractivity contribution in [3.63, 3.8) is 0 Å². The number of anilines is 2. The van der Waals surface area contributed by atoms with Gasteiger partial charge in [-0.15, -0.1) is 0 Å². The number of carboxylic acids is 1. The summed E-state index contributed by atoms with van der Waals surface area (Å²) in [6, 6.07) is 3.56. The molecular weight excluding hydrogens is 312 g/mol. The maximum atomic E-state index is 12.5. The Morgan fingerprint density at radius 3 is 2.46 bits per heavy atom. The maximum absolute atomic E-state index is 12.5. The fourth-order valence-corrected chi connectivity index (χ4v) is 2.52. The largest absolute Gasteiger partial charge is 0.478 e. The van der Waals surface area contributed by atoms with E-state index in [2.05, 4.69) is 0 Å². The van der Waals surface area contributed by atoms with E-state index in [9.17, 15) is 14.7 Å². The summed E-state index contributed by atoms with van der Waals surface area (Å²) in [7, 11) is 3.77. The zero-order valence-electron chi connectivity index (χ0n) is 14.9. The highest BCUT2D eigenvalue weighted by Gasteiger charge is 2.36. The number of amides is 1. The fraction of sp³-hybridized carbons (Fsp3) is 0.529. The van der Waals surface area contributed by atoms with Gasteiger partial charge in [0.1, 0.15) is 11.4 Å². The topological polar surface area (TPSA) is 79.3 Å². The number of hydrogen-bond donors (Lipinski definition) is 1. The number of aliphatic carboxylic acids is 1. The van der Waals surface area contributed by atoms with E-state index in [1.807, 2.05) is 32.0 Å². The molecule has 0 aliphatic carbocycles. The van der Waals surface area contributed by atoms with E-state index in [4.69, 9.17) is 9.47 Å². The molecule has 1 aliphatic heterocycles. The Morgan fingerprint density at radius 2 is 1.96 bits per heavy atom. The lowest BCUT2D eigenvalue weighted by Crippen LogP contribution is -2.48. The van der Waals surface area contributed by atoms with Gasteiger partial charge >= 0.3 is 12.1 Å². The third kappa shape index (κ3) is 3.72. The van der Waals surface area contributed by atoms with Crippen LogP contribution in [0.25, 0.3) is 0 Å². The van der Waals surface area contributed by atoms with Gasteiger partial charge in [0.15, 0.2) is 0 Å². The minimum absolute atomic E-state index is 0.0992. The van der Waals surface area contributed by atoms with Crippen LogP contribution in [0, 0.1) is 6.92 Å². The standard InChI is InChI=1S/C17H24N2O5/c1-10-7-12-13(8-11(10)18(5)6)23-14(15(20)21)9-19(12)16(22)24-17(2,3)4/h7-8,14H,9H2,1-6H3,(H,20,21). The number of carbonyl (C=O) groups excluding carboxylic acids is 1. The van der Waals surface area contributed by atoms with Crippen LogP contribution in [-0.2, 0) is 9.53 Å². The lowest BCUT2D eigenvalue weighted by Gasteiger charge is -2.35. The highest BCUT2D eigenvalue weighted by atomic mass is 16.6. The second kappa shape index (κ2) is 6.22. The van der Waals surface area contributed by atoms with Gasteiger partial charge in [-0.1, -0.05) is 0 Å². The fourth-order valence-electron chi connectivity index (χ4n) is 2.52. The molecule has 7 nitrogen and oxygen atoms in total. The van der Waals surface area contributed by atoms with E-state index in [0.29, 0.717) is 11.4 Å². The van der Waals surface area contributed by atoms with E-state index in [1.165, 1.54) is 4.90 Å². The molecule has 0 bridgehead atoms. The number of rotatable bonds is 2. The van der Waals surface area contributed by atoms with Crippen molar-refractivity contribution < 1.29 is 24.2 Å². The van der Waals surface area contributed by atoms with Crippen LogP contribution in [0.4, 0.5) is 16.2 Å². The SMILES string of the molecule is Cc1cc2c(cc1N(C)C)OC(C(=O)O)CN2C(=O)OC(C)(C)C. The lowest BCUT2D eigenvalue weighted by atomic mass is 10.1. The van der Waals surface area contributed by atoms with Gasteiger partial charge in [-0.25, -0.2) is 9.59 Å². The number of aryl methyl sites for hydroxylation is 1. The summed E-state index contributed by atoms with van der Waals surface area (Å²) < 4.78 is 11.0. The molecule has 0 saturated carbocycles. The van der Waals surface area contributed by atoms with Gasteiger partial charge in [-0.2, -0.15) is 0 Å². The Hall–Kier alpha value is -2.44. The number of nitrogens with zero attached hydrogens (tertiary/aromatic N) is 2. The Morgan fingerprint density at radius 1 is 1.33 bits per heavy atom. The molecule has 0 saturated heterocycles. The molecule has 1 unspecified atom stereocenters. The minimum atomic E-state index is -1.14. The first-order valence-corrected chi connectivity index (χ1v) is 7.71. The van der Waals surface area contributed by atoms with Gasteiger partial charge in [-0.05, 0) is 39.3 Å². The molecule has 1 aromatic rings. The second-order valence-electron chi connectivity index (χ2n) is 7.04. The molecule has 0 fully saturated rings. The number of carboxylic acid groups (broad SMARTS) is 1. The Balaban J connectivity index is 2.48. The summed E-state index contributed by atoms with van der Waals surface area (Å²) in [6.07, 6.45) is -1.72. The van der Waals surface area contributed by atoms with Crippen LogP contribution in [0.5, 0.6) is 5.75 Å². The first kappa shape index (κ1) is 17.9. The number of ether oxygens (including phenoxy) is 2.